The number of aliphatic imine (C=N–C) groups is 1. The first kappa shape index (κ1) is 22.6. The van der Waals surface area contributed by atoms with Gasteiger partial charge in [-0.3, -0.25) is 9.79 Å². The lowest BCUT2D eigenvalue weighted by Gasteiger charge is -2.19. The number of hydrogen-bond donors (Lipinski definition) is 2. The van der Waals surface area contributed by atoms with Gasteiger partial charge in [0.25, 0.3) is 5.91 Å². The number of carbonyl (C=O) groups excluding carboxylic acids is 1. The first-order chi connectivity index (χ1) is 14.9. The standard InChI is InChI=1S/C24H31FN4O2/c1-16(20-11-12-22(21(25)13-20)31-15-18-5-6-18)28-24(26-2)27-14-17-7-9-19(10-8-17)23(30)29(3)4/h7-13,16,18H,5-6,14-15H2,1-4H3,(H2,26,27,28). The second kappa shape index (κ2) is 10.3. The Kier molecular flexibility index (Phi) is 7.50. The van der Waals surface area contributed by atoms with Gasteiger partial charge >= 0.3 is 0 Å². The van der Waals surface area contributed by atoms with E-state index in [1.807, 2.05) is 37.3 Å². The van der Waals surface area contributed by atoms with E-state index in [2.05, 4.69) is 15.6 Å². The van der Waals surface area contributed by atoms with E-state index in [0.29, 0.717) is 36.3 Å². The Morgan fingerprint density at radius 2 is 1.94 bits per heavy atom. The molecule has 7 heteroatoms. The van der Waals surface area contributed by atoms with E-state index in [4.69, 9.17) is 4.74 Å². The molecule has 0 aromatic heterocycles. The highest BCUT2D eigenvalue weighted by molar-refractivity contribution is 5.93. The van der Waals surface area contributed by atoms with Crippen molar-refractivity contribution in [3.8, 4) is 5.75 Å². The van der Waals surface area contributed by atoms with E-state index >= 15 is 0 Å². The summed E-state index contributed by atoms with van der Waals surface area (Å²) in [4.78, 5) is 17.8. The maximum Gasteiger partial charge on any atom is 0.253 e. The third kappa shape index (κ3) is 6.44. The minimum Gasteiger partial charge on any atom is -0.490 e. The Labute approximate surface area is 183 Å². The molecule has 2 aromatic carbocycles. The fourth-order valence-electron chi connectivity index (χ4n) is 3.09. The van der Waals surface area contributed by atoms with Gasteiger partial charge in [-0.2, -0.15) is 0 Å². The molecule has 31 heavy (non-hydrogen) atoms. The summed E-state index contributed by atoms with van der Waals surface area (Å²) in [6, 6.07) is 12.4. The quantitative estimate of drug-likeness (QED) is 0.499. The van der Waals surface area contributed by atoms with Gasteiger partial charge in [0, 0.05) is 33.3 Å². The number of guanidine groups is 1. The summed E-state index contributed by atoms with van der Waals surface area (Å²) in [7, 11) is 5.15. The van der Waals surface area contributed by atoms with Gasteiger partial charge in [0.15, 0.2) is 17.5 Å². The number of carbonyl (C=O) groups is 1. The van der Waals surface area contributed by atoms with Crippen molar-refractivity contribution in [2.24, 2.45) is 10.9 Å². The SMILES string of the molecule is CN=C(NCc1ccc(C(=O)N(C)C)cc1)NC(C)c1ccc(OCC2CC2)c(F)c1. The molecule has 1 aliphatic rings. The van der Waals surface area contributed by atoms with Crippen LogP contribution in [-0.4, -0.2) is 44.5 Å². The van der Waals surface area contributed by atoms with E-state index in [9.17, 15) is 9.18 Å². The number of amides is 1. The van der Waals surface area contributed by atoms with Crippen LogP contribution < -0.4 is 15.4 Å². The van der Waals surface area contributed by atoms with Crippen LogP contribution in [0.15, 0.2) is 47.5 Å². The van der Waals surface area contributed by atoms with Crippen LogP contribution in [0.1, 0.15) is 47.3 Å². The molecule has 3 rings (SSSR count). The van der Waals surface area contributed by atoms with Crippen LogP contribution in [0, 0.1) is 11.7 Å². The van der Waals surface area contributed by atoms with Crippen LogP contribution in [0.5, 0.6) is 5.75 Å². The zero-order chi connectivity index (χ0) is 22.4. The summed E-state index contributed by atoms with van der Waals surface area (Å²) < 4.78 is 19.9. The van der Waals surface area contributed by atoms with Crippen molar-refractivity contribution in [1.29, 1.82) is 0 Å². The predicted molar refractivity (Wildman–Crippen MR) is 121 cm³/mol. The average molecular weight is 427 g/mol. The fourth-order valence-corrected chi connectivity index (χ4v) is 3.09. The molecule has 0 spiro atoms. The molecule has 1 unspecified atom stereocenters. The third-order valence-electron chi connectivity index (χ3n) is 5.27. The van der Waals surface area contributed by atoms with Crippen LogP contribution in [0.25, 0.3) is 0 Å². The maximum atomic E-state index is 14.4. The molecule has 6 nitrogen and oxygen atoms in total. The first-order valence-electron chi connectivity index (χ1n) is 10.6. The van der Waals surface area contributed by atoms with Crippen LogP contribution in [0.3, 0.4) is 0 Å². The van der Waals surface area contributed by atoms with Crippen molar-refractivity contribution < 1.29 is 13.9 Å². The van der Waals surface area contributed by atoms with E-state index in [0.717, 1.165) is 11.1 Å². The van der Waals surface area contributed by atoms with Crippen molar-refractivity contribution >= 4 is 11.9 Å². The van der Waals surface area contributed by atoms with Gasteiger partial charge in [-0.25, -0.2) is 4.39 Å². The molecule has 2 N–H and O–H groups in total. The largest absolute Gasteiger partial charge is 0.490 e. The number of benzene rings is 2. The zero-order valence-electron chi connectivity index (χ0n) is 18.6. The minimum atomic E-state index is -0.345. The molecule has 1 amide bonds. The summed E-state index contributed by atoms with van der Waals surface area (Å²) in [5, 5.41) is 6.52. The number of nitrogens with zero attached hydrogens (tertiary/aromatic N) is 2. The topological polar surface area (TPSA) is 66.0 Å². The summed E-state index contributed by atoms with van der Waals surface area (Å²) in [5.74, 6) is 1.12. The van der Waals surface area contributed by atoms with Crippen molar-refractivity contribution in [2.75, 3.05) is 27.7 Å². The van der Waals surface area contributed by atoms with Crippen LogP contribution in [0.4, 0.5) is 4.39 Å². The first-order valence-corrected chi connectivity index (χ1v) is 10.6. The van der Waals surface area contributed by atoms with Crippen LogP contribution in [-0.2, 0) is 6.54 Å². The van der Waals surface area contributed by atoms with Crippen LogP contribution >= 0.6 is 0 Å². The molecule has 0 radical (unpaired) electrons. The molecule has 1 saturated carbocycles. The number of rotatable bonds is 8. The molecule has 0 bridgehead atoms. The van der Waals surface area contributed by atoms with E-state index in [1.165, 1.54) is 18.9 Å². The van der Waals surface area contributed by atoms with Crippen molar-refractivity contribution in [2.45, 2.75) is 32.4 Å². The van der Waals surface area contributed by atoms with E-state index in [-0.39, 0.29) is 17.8 Å². The Morgan fingerprint density at radius 3 is 2.52 bits per heavy atom. The summed E-state index contributed by atoms with van der Waals surface area (Å²) >= 11 is 0. The third-order valence-corrected chi connectivity index (χ3v) is 5.27. The van der Waals surface area contributed by atoms with Gasteiger partial charge < -0.3 is 20.3 Å². The molecule has 0 heterocycles. The predicted octanol–water partition coefficient (Wildman–Crippen LogP) is 3.74. The molecule has 1 fully saturated rings. The van der Waals surface area contributed by atoms with Gasteiger partial charge in [0.1, 0.15) is 0 Å². The van der Waals surface area contributed by atoms with Gasteiger partial charge in [-0.15, -0.1) is 0 Å². The second-order valence-electron chi connectivity index (χ2n) is 8.13. The van der Waals surface area contributed by atoms with E-state index in [1.54, 1.807) is 32.1 Å². The number of nitrogens with one attached hydrogen (secondary N) is 2. The van der Waals surface area contributed by atoms with Gasteiger partial charge in [-0.1, -0.05) is 18.2 Å². The fraction of sp³-hybridized carbons (Fsp3) is 0.417. The highest BCUT2D eigenvalue weighted by atomic mass is 19.1. The molecule has 166 valence electrons. The lowest BCUT2D eigenvalue weighted by molar-refractivity contribution is 0.0827. The summed E-state index contributed by atoms with van der Waals surface area (Å²) in [6.07, 6.45) is 2.34. The zero-order valence-corrected chi connectivity index (χ0v) is 18.6. The molecule has 1 atom stereocenters. The maximum absolute atomic E-state index is 14.4. The summed E-state index contributed by atoms with van der Waals surface area (Å²) in [5.41, 5.74) is 2.48. The molecular formula is C24H31FN4O2. The Bertz CT molecular complexity index is 924. The Hall–Kier alpha value is -3.09. The van der Waals surface area contributed by atoms with Gasteiger partial charge in [0.2, 0.25) is 0 Å². The molecular weight excluding hydrogens is 395 g/mol. The van der Waals surface area contributed by atoms with Gasteiger partial charge in [0.05, 0.1) is 12.6 Å². The number of ether oxygens (including phenoxy) is 1. The molecule has 0 aliphatic heterocycles. The monoisotopic (exact) mass is 426 g/mol. The van der Waals surface area contributed by atoms with Crippen LogP contribution in [0.2, 0.25) is 0 Å². The lowest BCUT2D eigenvalue weighted by atomic mass is 10.1. The van der Waals surface area contributed by atoms with Gasteiger partial charge in [-0.05, 0) is 61.1 Å². The number of halogens is 1. The van der Waals surface area contributed by atoms with Crippen molar-refractivity contribution in [1.82, 2.24) is 15.5 Å². The Morgan fingerprint density at radius 1 is 1.23 bits per heavy atom. The normalized spacial score (nSPS) is 14.7. The highest BCUT2D eigenvalue weighted by Crippen LogP contribution is 2.30. The Balaban J connectivity index is 1.53. The lowest BCUT2D eigenvalue weighted by Crippen LogP contribution is -2.38. The van der Waals surface area contributed by atoms with E-state index < -0.39 is 0 Å². The minimum absolute atomic E-state index is 0.0259. The molecule has 2 aromatic rings. The molecule has 0 saturated heterocycles. The second-order valence-corrected chi connectivity index (χ2v) is 8.13. The van der Waals surface area contributed by atoms with Crippen molar-refractivity contribution in [3.63, 3.8) is 0 Å². The average Bonchev–Trinajstić information content (AvgIpc) is 3.59. The summed E-state index contributed by atoms with van der Waals surface area (Å²) in [6.45, 7) is 3.09. The smallest absolute Gasteiger partial charge is 0.253 e. The van der Waals surface area contributed by atoms with Crippen molar-refractivity contribution in [3.05, 3.63) is 65.0 Å². The highest BCUT2D eigenvalue weighted by Gasteiger charge is 2.22. The number of hydrogen-bond acceptors (Lipinski definition) is 3. The molecule has 1 aliphatic carbocycles.